The molecular formula is C13H13BrClFN2. The smallest absolute Gasteiger partial charge is 0.137 e. The molecule has 0 bridgehead atoms. The van der Waals surface area contributed by atoms with E-state index in [1.807, 2.05) is 24.6 Å². The summed E-state index contributed by atoms with van der Waals surface area (Å²) < 4.78 is 15.8. The van der Waals surface area contributed by atoms with Crippen molar-refractivity contribution >= 4 is 27.5 Å². The highest BCUT2D eigenvalue weighted by Crippen LogP contribution is 2.23. The molecule has 96 valence electrons. The van der Waals surface area contributed by atoms with Crippen molar-refractivity contribution in [3.63, 3.8) is 0 Å². The Labute approximate surface area is 119 Å². The van der Waals surface area contributed by atoms with E-state index in [9.17, 15) is 4.39 Å². The summed E-state index contributed by atoms with van der Waals surface area (Å²) in [6.07, 6.45) is 0. The molecule has 0 fully saturated rings. The van der Waals surface area contributed by atoms with Crippen LogP contribution in [0, 0.1) is 19.7 Å². The van der Waals surface area contributed by atoms with Gasteiger partial charge in [-0.3, -0.25) is 4.68 Å². The maximum Gasteiger partial charge on any atom is 0.137 e. The van der Waals surface area contributed by atoms with Gasteiger partial charge in [0.1, 0.15) is 5.82 Å². The van der Waals surface area contributed by atoms with E-state index < -0.39 is 0 Å². The standard InChI is InChI=1S/C13H13BrClFN2/c1-8-11(6-15)9(2)18(17-8)7-10-4-3-5-12(16)13(10)14/h3-5H,6-7H2,1-2H3. The van der Waals surface area contributed by atoms with Gasteiger partial charge in [0.05, 0.1) is 22.6 Å². The zero-order valence-electron chi connectivity index (χ0n) is 10.2. The normalized spacial score (nSPS) is 10.9. The quantitative estimate of drug-likeness (QED) is 0.771. The molecule has 0 spiro atoms. The van der Waals surface area contributed by atoms with Crippen molar-refractivity contribution in [3.05, 3.63) is 51.0 Å². The summed E-state index contributed by atoms with van der Waals surface area (Å²) in [4.78, 5) is 0. The number of hydrogen-bond acceptors (Lipinski definition) is 1. The molecule has 0 amide bonds. The lowest BCUT2D eigenvalue weighted by Crippen LogP contribution is -2.05. The SMILES string of the molecule is Cc1nn(Cc2cccc(F)c2Br)c(C)c1CCl. The average Bonchev–Trinajstić information content (AvgIpc) is 2.60. The topological polar surface area (TPSA) is 17.8 Å². The van der Waals surface area contributed by atoms with Crippen molar-refractivity contribution in [1.29, 1.82) is 0 Å². The first-order valence-corrected chi connectivity index (χ1v) is 6.89. The molecule has 0 aliphatic carbocycles. The molecule has 1 aromatic heterocycles. The predicted octanol–water partition coefficient (Wildman–Crippen LogP) is 4.19. The van der Waals surface area contributed by atoms with Crippen LogP contribution in [0.3, 0.4) is 0 Å². The van der Waals surface area contributed by atoms with Crippen LogP contribution in [0.5, 0.6) is 0 Å². The molecule has 0 aliphatic heterocycles. The van der Waals surface area contributed by atoms with Gasteiger partial charge in [-0.05, 0) is 41.4 Å². The van der Waals surface area contributed by atoms with Crippen LogP contribution in [0.4, 0.5) is 4.39 Å². The number of halogens is 3. The zero-order chi connectivity index (χ0) is 13.3. The number of aryl methyl sites for hydroxylation is 1. The molecule has 0 unspecified atom stereocenters. The van der Waals surface area contributed by atoms with Crippen LogP contribution < -0.4 is 0 Å². The Bertz CT molecular complexity index is 581. The van der Waals surface area contributed by atoms with Crippen LogP contribution in [0.2, 0.25) is 0 Å². The van der Waals surface area contributed by atoms with Crippen molar-refractivity contribution in [1.82, 2.24) is 9.78 Å². The molecule has 1 heterocycles. The molecular weight excluding hydrogens is 319 g/mol. The van der Waals surface area contributed by atoms with E-state index in [1.54, 1.807) is 6.07 Å². The fraction of sp³-hybridized carbons (Fsp3) is 0.308. The van der Waals surface area contributed by atoms with Gasteiger partial charge in [0.25, 0.3) is 0 Å². The van der Waals surface area contributed by atoms with Gasteiger partial charge in [-0.2, -0.15) is 5.10 Å². The molecule has 0 N–H and O–H groups in total. The highest BCUT2D eigenvalue weighted by molar-refractivity contribution is 9.10. The third-order valence-electron chi connectivity index (χ3n) is 3.02. The number of benzene rings is 1. The van der Waals surface area contributed by atoms with Gasteiger partial charge in [-0.25, -0.2) is 4.39 Å². The minimum atomic E-state index is -0.258. The van der Waals surface area contributed by atoms with Gasteiger partial charge in [0.2, 0.25) is 0 Å². The zero-order valence-corrected chi connectivity index (χ0v) is 12.5. The van der Waals surface area contributed by atoms with E-state index in [0.717, 1.165) is 22.5 Å². The Balaban J connectivity index is 2.37. The highest BCUT2D eigenvalue weighted by atomic mass is 79.9. The second-order valence-corrected chi connectivity index (χ2v) is 5.21. The fourth-order valence-corrected chi connectivity index (χ4v) is 2.69. The highest BCUT2D eigenvalue weighted by Gasteiger charge is 2.12. The lowest BCUT2D eigenvalue weighted by Gasteiger charge is -2.07. The van der Waals surface area contributed by atoms with Crippen molar-refractivity contribution in [2.75, 3.05) is 0 Å². The Kier molecular flexibility index (Phi) is 4.07. The van der Waals surface area contributed by atoms with Crippen LogP contribution in [0.1, 0.15) is 22.5 Å². The van der Waals surface area contributed by atoms with Crippen LogP contribution in [0.25, 0.3) is 0 Å². The Morgan fingerprint density at radius 1 is 1.39 bits per heavy atom. The second kappa shape index (κ2) is 5.41. The summed E-state index contributed by atoms with van der Waals surface area (Å²) in [5.74, 6) is 0.189. The summed E-state index contributed by atoms with van der Waals surface area (Å²) in [5, 5.41) is 4.44. The number of aromatic nitrogens is 2. The molecule has 0 saturated carbocycles. The van der Waals surface area contributed by atoms with E-state index in [-0.39, 0.29) is 5.82 Å². The molecule has 5 heteroatoms. The Hall–Kier alpha value is -0.870. The Morgan fingerprint density at radius 3 is 2.72 bits per heavy atom. The Morgan fingerprint density at radius 2 is 2.11 bits per heavy atom. The summed E-state index contributed by atoms with van der Waals surface area (Å²) in [5.41, 5.74) is 3.86. The first kappa shape index (κ1) is 13.6. The first-order valence-electron chi connectivity index (χ1n) is 5.56. The van der Waals surface area contributed by atoms with Crippen molar-refractivity contribution in [3.8, 4) is 0 Å². The molecule has 2 aromatic rings. The first-order chi connectivity index (χ1) is 8.54. The lowest BCUT2D eigenvalue weighted by molar-refractivity contribution is 0.607. The van der Waals surface area contributed by atoms with Crippen LogP contribution >= 0.6 is 27.5 Å². The van der Waals surface area contributed by atoms with E-state index in [0.29, 0.717) is 16.9 Å². The number of alkyl halides is 1. The van der Waals surface area contributed by atoms with Gasteiger partial charge in [-0.15, -0.1) is 11.6 Å². The van der Waals surface area contributed by atoms with E-state index in [2.05, 4.69) is 21.0 Å². The number of rotatable bonds is 3. The van der Waals surface area contributed by atoms with Gasteiger partial charge in [0.15, 0.2) is 0 Å². The molecule has 2 nitrogen and oxygen atoms in total. The van der Waals surface area contributed by atoms with Crippen molar-refractivity contribution in [2.45, 2.75) is 26.3 Å². The molecule has 1 aromatic carbocycles. The van der Waals surface area contributed by atoms with E-state index in [1.165, 1.54) is 6.07 Å². The summed E-state index contributed by atoms with van der Waals surface area (Å²) in [6.45, 7) is 4.44. The number of nitrogens with zero attached hydrogens (tertiary/aromatic N) is 2. The van der Waals surface area contributed by atoms with E-state index in [4.69, 9.17) is 11.6 Å². The van der Waals surface area contributed by atoms with Gasteiger partial charge < -0.3 is 0 Å². The summed E-state index contributed by atoms with van der Waals surface area (Å²) in [6, 6.07) is 5.01. The number of hydrogen-bond donors (Lipinski definition) is 0. The average molecular weight is 332 g/mol. The molecule has 0 radical (unpaired) electrons. The van der Waals surface area contributed by atoms with E-state index >= 15 is 0 Å². The monoisotopic (exact) mass is 330 g/mol. The largest absolute Gasteiger partial charge is 0.265 e. The maximum absolute atomic E-state index is 13.4. The van der Waals surface area contributed by atoms with Gasteiger partial charge >= 0.3 is 0 Å². The minimum Gasteiger partial charge on any atom is -0.265 e. The molecule has 0 aliphatic rings. The van der Waals surface area contributed by atoms with Crippen molar-refractivity contribution in [2.24, 2.45) is 0 Å². The maximum atomic E-state index is 13.4. The van der Waals surface area contributed by atoms with Crippen LogP contribution in [0.15, 0.2) is 22.7 Å². The van der Waals surface area contributed by atoms with Crippen LogP contribution in [-0.2, 0) is 12.4 Å². The predicted molar refractivity (Wildman–Crippen MR) is 74.5 cm³/mol. The molecule has 18 heavy (non-hydrogen) atoms. The molecule has 0 atom stereocenters. The van der Waals surface area contributed by atoms with Crippen molar-refractivity contribution < 1.29 is 4.39 Å². The van der Waals surface area contributed by atoms with Gasteiger partial charge in [-0.1, -0.05) is 12.1 Å². The summed E-state index contributed by atoms with van der Waals surface area (Å²) in [7, 11) is 0. The van der Waals surface area contributed by atoms with Crippen LogP contribution in [-0.4, -0.2) is 9.78 Å². The minimum absolute atomic E-state index is 0.258. The molecule has 2 rings (SSSR count). The lowest BCUT2D eigenvalue weighted by atomic mass is 10.2. The second-order valence-electron chi connectivity index (χ2n) is 4.15. The third kappa shape index (κ3) is 2.45. The fourth-order valence-electron chi connectivity index (χ4n) is 1.91. The summed E-state index contributed by atoms with van der Waals surface area (Å²) >= 11 is 9.15. The third-order valence-corrected chi connectivity index (χ3v) is 4.17. The van der Waals surface area contributed by atoms with Gasteiger partial charge in [0, 0.05) is 11.3 Å². The molecule has 0 saturated heterocycles.